The fourth-order valence-electron chi connectivity index (χ4n) is 1.17. The number of phenols is 1. The van der Waals surface area contributed by atoms with Gasteiger partial charge < -0.3 is 20.7 Å². The van der Waals surface area contributed by atoms with Crippen molar-refractivity contribution in [1.29, 1.82) is 0 Å². The molecule has 0 aliphatic heterocycles. The average Bonchev–Trinajstić information content (AvgIpc) is 2.20. The molecule has 0 aliphatic carbocycles. The molecule has 1 atom stereocenters. The molecule has 1 rings (SSSR count). The molecule has 0 aromatic heterocycles. The van der Waals surface area contributed by atoms with Crippen LogP contribution in [0.5, 0.6) is 11.5 Å². The van der Waals surface area contributed by atoms with Crippen LogP contribution in [0.4, 0.5) is 0 Å². The molecule has 0 aliphatic rings. The molecular weight excluding hydrogens is 250 g/mol. The maximum Gasteiger partial charge on any atom is 0.172 e. The minimum absolute atomic E-state index is 0.0301. The van der Waals surface area contributed by atoms with Crippen LogP contribution in [0.3, 0.4) is 0 Å². The molecular formula is C9H12BrNO3. The van der Waals surface area contributed by atoms with Crippen molar-refractivity contribution in [3.8, 4) is 11.5 Å². The zero-order valence-corrected chi connectivity index (χ0v) is 9.28. The smallest absolute Gasteiger partial charge is 0.172 e. The summed E-state index contributed by atoms with van der Waals surface area (Å²) in [6, 6.07) is 3.28. The molecule has 1 unspecified atom stereocenters. The van der Waals surface area contributed by atoms with Gasteiger partial charge in [0, 0.05) is 12.1 Å². The first-order valence-electron chi connectivity index (χ1n) is 4.05. The highest BCUT2D eigenvalue weighted by molar-refractivity contribution is 9.10. The van der Waals surface area contributed by atoms with Gasteiger partial charge in [-0.05, 0) is 22.0 Å². The zero-order valence-electron chi connectivity index (χ0n) is 7.70. The summed E-state index contributed by atoms with van der Waals surface area (Å²) in [7, 11) is 1.42. The van der Waals surface area contributed by atoms with Gasteiger partial charge in [0.25, 0.3) is 0 Å². The van der Waals surface area contributed by atoms with Gasteiger partial charge in [0.05, 0.1) is 17.7 Å². The van der Waals surface area contributed by atoms with Gasteiger partial charge in [-0.1, -0.05) is 6.07 Å². The number of ether oxygens (including phenoxy) is 1. The quantitative estimate of drug-likeness (QED) is 0.763. The van der Waals surface area contributed by atoms with Crippen LogP contribution >= 0.6 is 15.9 Å². The largest absolute Gasteiger partial charge is 0.503 e. The fraction of sp³-hybridized carbons (Fsp3) is 0.333. The Hall–Kier alpha value is -0.780. The van der Waals surface area contributed by atoms with Crippen LogP contribution in [-0.2, 0) is 0 Å². The number of hydrogen-bond donors (Lipinski definition) is 3. The first-order valence-corrected chi connectivity index (χ1v) is 4.84. The number of aliphatic hydroxyl groups is 1. The molecule has 0 spiro atoms. The Morgan fingerprint density at radius 2 is 2.21 bits per heavy atom. The third-order valence-electron chi connectivity index (χ3n) is 1.90. The minimum atomic E-state index is -0.830. The molecule has 5 heteroatoms. The summed E-state index contributed by atoms with van der Waals surface area (Å²) in [6.07, 6.45) is -0.830. The molecule has 0 heterocycles. The van der Waals surface area contributed by atoms with Crippen LogP contribution in [0.1, 0.15) is 11.7 Å². The van der Waals surface area contributed by atoms with E-state index in [0.717, 1.165) is 0 Å². The first-order chi connectivity index (χ1) is 6.61. The molecule has 78 valence electrons. The summed E-state index contributed by atoms with van der Waals surface area (Å²) in [5.74, 6) is 0.217. The molecule has 14 heavy (non-hydrogen) atoms. The maximum absolute atomic E-state index is 9.60. The SMILES string of the molecule is COc1c(C(O)CN)ccc(Br)c1O. The van der Waals surface area contributed by atoms with Gasteiger partial charge in [-0.25, -0.2) is 0 Å². The number of methoxy groups -OCH3 is 1. The van der Waals surface area contributed by atoms with Crippen molar-refractivity contribution in [3.05, 3.63) is 22.2 Å². The van der Waals surface area contributed by atoms with Crippen LogP contribution in [0.15, 0.2) is 16.6 Å². The van der Waals surface area contributed by atoms with E-state index in [1.807, 2.05) is 0 Å². The van der Waals surface area contributed by atoms with Crippen molar-refractivity contribution in [2.24, 2.45) is 5.73 Å². The van der Waals surface area contributed by atoms with Crippen molar-refractivity contribution in [1.82, 2.24) is 0 Å². The summed E-state index contributed by atoms with van der Waals surface area (Å²) < 4.78 is 5.50. The molecule has 0 saturated heterocycles. The Kier molecular flexibility index (Phi) is 3.74. The molecule has 0 radical (unpaired) electrons. The second-order valence-corrected chi connectivity index (χ2v) is 3.62. The second kappa shape index (κ2) is 4.63. The van der Waals surface area contributed by atoms with E-state index in [-0.39, 0.29) is 18.0 Å². The van der Waals surface area contributed by atoms with Crippen LogP contribution in [0, 0.1) is 0 Å². The van der Waals surface area contributed by atoms with Crippen LogP contribution in [-0.4, -0.2) is 23.9 Å². The molecule has 4 nitrogen and oxygen atoms in total. The Balaban J connectivity index is 3.23. The number of hydrogen-bond acceptors (Lipinski definition) is 4. The predicted octanol–water partition coefficient (Wildman–Crippen LogP) is 1.16. The monoisotopic (exact) mass is 261 g/mol. The molecule has 0 saturated carbocycles. The molecule has 1 aromatic rings. The summed E-state index contributed by atoms with van der Waals surface area (Å²) in [6.45, 7) is 0.0808. The van der Waals surface area contributed by atoms with E-state index in [2.05, 4.69) is 15.9 Å². The molecule has 4 N–H and O–H groups in total. The number of halogens is 1. The van der Waals surface area contributed by atoms with Crippen molar-refractivity contribution in [2.75, 3.05) is 13.7 Å². The number of benzene rings is 1. The van der Waals surface area contributed by atoms with Crippen LogP contribution < -0.4 is 10.5 Å². The van der Waals surface area contributed by atoms with Gasteiger partial charge in [0.15, 0.2) is 11.5 Å². The summed E-state index contributed by atoms with van der Waals surface area (Å²) >= 11 is 3.15. The highest BCUT2D eigenvalue weighted by atomic mass is 79.9. The number of aromatic hydroxyl groups is 1. The van der Waals surface area contributed by atoms with Gasteiger partial charge in [0.2, 0.25) is 0 Å². The van der Waals surface area contributed by atoms with E-state index in [9.17, 15) is 10.2 Å². The van der Waals surface area contributed by atoms with Crippen LogP contribution in [0.25, 0.3) is 0 Å². The number of phenolic OH excluding ortho intramolecular Hbond substituents is 1. The Morgan fingerprint density at radius 1 is 1.57 bits per heavy atom. The summed E-state index contributed by atoms with van der Waals surface area (Å²) in [4.78, 5) is 0. The van der Waals surface area contributed by atoms with Gasteiger partial charge >= 0.3 is 0 Å². The standard InChI is InChI=1S/C9H12BrNO3/c1-14-9-5(7(12)4-11)2-3-6(10)8(9)13/h2-3,7,12-13H,4,11H2,1H3. The van der Waals surface area contributed by atoms with Crippen molar-refractivity contribution < 1.29 is 14.9 Å². The highest BCUT2D eigenvalue weighted by Crippen LogP contribution is 2.39. The Bertz CT molecular complexity index is 330. The lowest BCUT2D eigenvalue weighted by molar-refractivity contribution is 0.181. The first kappa shape index (κ1) is 11.3. The average molecular weight is 262 g/mol. The van der Waals surface area contributed by atoms with E-state index in [4.69, 9.17) is 10.5 Å². The van der Waals surface area contributed by atoms with Gasteiger partial charge in [-0.3, -0.25) is 0 Å². The topological polar surface area (TPSA) is 75.7 Å². The van der Waals surface area contributed by atoms with E-state index >= 15 is 0 Å². The third-order valence-corrected chi connectivity index (χ3v) is 2.54. The lowest BCUT2D eigenvalue weighted by Gasteiger charge is -2.14. The minimum Gasteiger partial charge on any atom is -0.503 e. The fourth-order valence-corrected chi connectivity index (χ4v) is 1.48. The second-order valence-electron chi connectivity index (χ2n) is 2.77. The molecule has 1 aromatic carbocycles. The molecule has 0 amide bonds. The van der Waals surface area contributed by atoms with E-state index < -0.39 is 6.10 Å². The Morgan fingerprint density at radius 3 is 2.71 bits per heavy atom. The number of rotatable bonds is 3. The zero-order chi connectivity index (χ0) is 10.7. The lowest BCUT2D eigenvalue weighted by atomic mass is 10.1. The normalized spacial score (nSPS) is 12.6. The summed E-state index contributed by atoms with van der Waals surface area (Å²) in [5.41, 5.74) is 5.80. The molecule has 0 fully saturated rings. The van der Waals surface area contributed by atoms with Gasteiger partial charge in [-0.15, -0.1) is 0 Å². The Labute approximate surface area is 90.4 Å². The van der Waals surface area contributed by atoms with Crippen molar-refractivity contribution in [3.63, 3.8) is 0 Å². The van der Waals surface area contributed by atoms with Crippen molar-refractivity contribution in [2.45, 2.75) is 6.10 Å². The van der Waals surface area contributed by atoms with E-state index in [0.29, 0.717) is 10.0 Å². The highest BCUT2D eigenvalue weighted by Gasteiger charge is 2.16. The van der Waals surface area contributed by atoms with Crippen LogP contribution in [0.2, 0.25) is 0 Å². The van der Waals surface area contributed by atoms with E-state index in [1.165, 1.54) is 7.11 Å². The number of nitrogens with two attached hydrogens (primary N) is 1. The van der Waals surface area contributed by atoms with Gasteiger partial charge in [-0.2, -0.15) is 0 Å². The maximum atomic E-state index is 9.60. The van der Waals surface area contributed by atoms with Crippen molar-refractivity contribution >= 4 is 15.9 Å². The summed E-state index contributed by atoms with van der Waals surface area (Å²) in [5, 5.41) is 19.1. The van der Waals surface area contributed by atoms with Gasteiger partial charge in [0.1, 0.15) is 0 Å². The number of aliphatic hydroxyl groups excluding tert-OH is 1. The third kappa shape index (κ3) is 2.00. The van der Waals surface area contributed by atoms with E-state index in [1.54, 1.807) is 12.1 Å². The predicted molar refractivity (Wildman–Crippen MR) is 56.4 cm³/mol. The lowest BCUT2D eigenvalue weighted by Crippen LogP contribution is -2.12. The molecule has 0 bridgehead atoms.